The topological polar surface area (TPSA) is 89.9 Å². The summed E-state index contributed by atoms with van der Waals surface area (Å²) in [4.78, 5) is 26.1. The minimum atomic E-state index is -4.45. The molecule has 11 heteroatoms. The normalized spacial score (nSPS) is 11.5. The highest BCUT2D eigenvalue weighted by atomic mass is 32.1. The van der Waals surface area contributed by atoms with Crippen molar-refractivity contribution in [1.29, 1.82) is 0 Å². The first-order valence-electron chi connectivity index (χ1n) is 9.34. The number of carbonyl (C=O) groups excluding carboxylic acids is 1. The lowest BCUT2D eigenvalue weighted by Gasteiger charge is -2.09. The molecule has 4 aromatic rings. The maximum absolute atomic E-state index is 12.9. The summed E-state index contributed by atoms with van der Waals surface area (Å²) >= 11 is 1.16. The predicted molar refractivity (Wildman–Crippen MR) is 113 cm³/mol. The Hall–Kier alpha value is -3.60. The van der Waals surface area contributed by atoms with Crippen molar-refractivity contribution in [3.05, 3.63) is 70.1 Å². The van der Waals surface area contributed by atoms with Gasteiger partial charge >= 0.3 is 6.18 Å². The fourth-order valence-corrected chi connectivity index (χ4v) is 3.95. The average Bonchev–Trinajstić information content (AvgIpc) is 3.13. The first-order chi connectivity index (χ1) is 15.2. The van der Waals surface area contributed by atoms with Gasteiger partial charge in [-0.05, 0) is 42.7 Å². The number of pyridine rings is 1. The number of hydrogen-bond donors (Lipinski definition) is 1. The van der Waals surface area contributed by atoms with Crippen LogP contribution in [0.3, 0.4) is 0 Å². The van der Waals surface area contributed by atoms with E-state index in [0.29, 0.717) is 38.9 Å². The fraction of sp³-hybridized carbons (Fsp3) is 0.190. The lowest BCUT2D eigenvalue weighted by molar-refractivity contribution is -0.137. The van der Waals surface area contributed by atoms with Crippen LogP contribution in [0.5, 0.6) is 5.88 Å². The third-order valence-electron chi connectivity index (χ3n) is 4.62. The van der Waals surface area contributed by atoms with Crippen LogP contribution in [0.2, 0.25) is 0 Å². The second kappa shape index (κ2) is 8.50. The molecule has 1 amide bonds. The van der Waals surface area contributed by atoms with Gasteiger partial charge in [-0.1, -0.05) is 0 Å². The van der Waals surface area contributed by atoms with Gasteiger partial charge in [0.15, 0.2) is 0 Å². The Morgan fingerprint density at radius 3 is 2.62 bits per heavy atom. The van der Waals surface area contributed by atoms with E-state index in [9.17, 15) is 18.0 Å². The first-order valence-corrected chi connectivity index (χ1v) is 10.1. The largest absolute Gasteiger partial charge is 0.481 e. The summed E-state index contributed by atoms with van der Waals surface area (Å²) in [7, 11) is 1.50. The van der Waals surface area contributed by atoms with Crippen LogP contribution in [0.4, 0.5) is 18.9 Å². The molecule has 0 bridgehead atoms. The summed E-state index contributed by atoms with van der Waals surface area (Å²) in [5.41, 5.74) is 1.70. The zero-order valence-electron chi connectivity index (χ0n) is 16.9. The molecular weight excluding hydrogens is 443 g/mol. The summed E-state index contributed by atoms with van der Waals surface area (Å²) in [5.74, 6) is 0.0797. The number of ether oxygens (including phenoxy) is 1. The molecule has 0 unspecified atom stereocenters. The van der Waals surface area contributed by atoms with Crippen LogP contribution in [0.15, 0.2) is 42.7 Å². The van der Waals surface area contributed by atoms with E-state index >= 15 is 0 Å². The van der Waals surface area contributed by atoms with Gasteiger partial charge in [0.1, 0.15) is 0 Å². The molecule has 0 aliphatic heterocycles. The molecule has 3 aromatic heterocycles. The van der Waals surface area contributed by atoms with Crippen molar-refractivity contribution in [3.8, 4) is 5.88 Å². The van der Waals surface area contributed by atoms with Crippen LogP contribution in [0, 0.1) is 6.92 Å². The molecule has 0 fully saturated rings. The highest BCUT2D eigenvalue weighted by molar-refractivity contribution is 7.06. The maximum Gasteiger partial charge on any atom is 0.416 e. The molecule has 7 nitrogen and oxygen atoms in total. The first kappa shape index (κ1) is 21.6. The van der Waals surface area contributed by atoms with E-state index in [-0.39, 0.29) is 17.8 Å². The Kier molecular flexibility index (Phi) is 5.74. The number of halogens is 3. The highest BCUT2D eigenvalue weighted by Crippen LogP contribution is 2.31. The number of aryl methyl sites for hydroxylation is 1. The van der Waals surface area contributed by atoms with Crippen molar-refractivity contribution >= 4 is 34.2 Å². The molecular formula is C21H16F3N5O2S. The number of aromatic nitrogens is 4. The SMILES string of the molecule is COc1ccc(NC(=O)c2c(C)nsc2Cc2cnc3cc(C(F)(F)F)ccc3n2)cn1. The molecule has 0 aliphatic carbocycles. The van der Waals surface area contributed by atoms with E-state index in [0.717, 1.165) is 23.7 Å². The molecule has 3 heterocycles. The molecule has 4 rings (SSSR count). The minimum absolute atomic E-state index is 0.147. The second-order valence-electron chi connectivity index (χ2n) is 6.85. The van der Waals surface area contributed by atoms with Crippen molar-refractivity contribution < 1.29 is 22.7 Å². The van der Waals surface area contributed by atoms with Gasteiger partial charge < -0.3 is 10.1 Å². The van der Waals surface area contributed by atoms with Gasteiger partial charge in [-0.15, -0.1) is 0 Å². The number of anilines is 1. The average molecular weight is 459 g/mol. The van der Waals surface area contributed by atoms with Gasteiger partial charge in [0.05, 0.1) is 52.5 Å². The van der Waals surface area contributed by atoms with Crippen molar-refractivity contribution in [2.75, 3.05) is 12.4 Å². The van der Waals surface area contributed by atoms with Gasteiger partial charge in [0.25, 0.3) is 5.91 Å². The molecule has 0 radical (unpaired) electrons. The number of hydrogen-bond acceptors (Lipinski definition) is 7. The van der Waals surface area contributed by atoms with E-state index in [2.05, 4.69) is 24.6 Å². The standard InChI is InChI=1S/C21H16F3N5O2S/c1-11-19(20(30)28-13-4-6-18(31-2)26-9-13)17(32-29-11)8-14-10-25-16-7-12(21(22,23)24)3-5-15(16)27-14/h3-7,9-10H,8H2,1-2H3,(H,28,30). The molecule has 0 atom stereocenters. The lowest BCUT2D eigenvalue weighted by atomic mass is 10.1. The maximum atomic E-state index is 12.9. The Balaban J connectivity index is 1.57. The van der Waals surface area contributed by atoms with Crippen LogP contribution in [0.25, 0.3) is 11.0 Å². The monoisotopic (exact) mass is 459 g/mol. The number of fused-ring (bicyclic) bond motifs is 1. The number of benzene rings is 1. The molecule has 0 saturated carbocycles. The lowest BCUT2D eigenvalue weighted by Crippen LogP contribution is -2.14. The summed E-state index contributed by atoms with van der Waals surface area (Å²) in [6.07, 6.45) is -1.29. The predicted octanol–water partition coefficient (Wildman–Crippen LogP) is 4.66. The van der Waals surface area contributed by atoms with E-state index in [1.165, 1.54) is 25.6 Å². The Labute approximate surface area is 184 Å². The Morgan fingerprint density at radius 2 is 1.94 bits per heavy atom. The summed E-state index contributed by atoms with van der Waals surface area (Å²) in [6.45, 7) is 1.73. The fourth-order valence-electron chi connectivity index (χ4n) is 3.07. The van der Waals surface area contributed by atoms with Crippen LogP contribution in [-0.2, 0) is 12.6 Å². The van der Waals surface area contributed by atoms with Crippen LogP contribution in [-0.4, -0.2) is 32.3 Å². The van der Waals surface area contributed by atoms with Gasteiger partial charge in [0.2, 0.25) is 5.88 Å². The molecule has 32 heavy (non-hydrogen) atoms. The molecule has 0 spiro atoms. The number of nitrogens with zero attached hydrogens (tertiary/aromatic N) is 4. The smallest absolute Gasteiger partial charge is 0.416 e. The number of rotatable bonds is 5. The zero-order chi connectivity index (χ0) is 22.9. The van der Waals surface area contributed by atoms with Gasteiger partial charge in [-0.3, -0.25) is 9.78 Å². The van der Waals surface area contributed by atoms with Gasteiger partial charge in [-0.25, -0.2) is 9.97 Å². The van der Waals surface area contributed by atoms with E-state index in [1.807, 2.05) is 0 Å². The molecule has 0 saturated heterocycles. The van der Waals surface area contributed by atoms with E-state index < -0.39 is 11.7 Å². The number of nitrogens with one attached hydrogen (secondary N) is 1. The van der Waals surface area contributed by atoms with Crippen LogP contribution >= 0.6 is 11.5 Å². The van der Waals surface area contributed by atoms with Crippen LogP contribution < -0.4 is 10.1 Å². The Morgan fingerprint density at radius 1 is 1.12 bits per heavy atom. The summed E-state index contributed by atoms with van der Waals surface area (Å²) in [6, 6.07) is 6.52. The van der Waals surface area contributed by atoms with Crippen molar-refractivity contribution in [1.82, 2.24) is 19.3 Å². The third-order valence-corrected chi connectivity index (χ3v) is 5.56. The quantitative estimate of drug-likeness (QED) is 0.467. The zero-order valence-corrected chi connectivity index (χ0v) is 17.7. The molecule has 0 aliphatic rings. The number of alkyl halides is 3. The molecule has 1 aromatic carbocycles. The molecule has 1 N–H and O–H groups in total. The molecule has 164 valence electrons. The van der Waals surface area contributed by atoms with Gasteiger partial charge in [0, 0.05) is 23.6 Å². The Bertz CT molecular complexity index is 1290. The van der Waals surface area contributed by atoms with Crippen molar-refractivity contribution in [2.45, 2.75) is 19.5 Å². The summed E-state index contributed by atoms with van der Waals surface area (Å²) < 4.78 is 48.0. The number of methoxy groups -OCH3 is 1. The van der Waals surface area contributed by atoms with Crippen LogP contribution in [0.1, 0.15) is 32.2 Å². The number of carbonyl (C=O) groups is 1. The number of amides is 1. The van der Waals surface area contributed by atoms with Gasteiger partial charge in [-0.2, -0.15) is 17.5 Å². The minimum Gasteiger partial charge on any atom is -0.481 e. The van der Waals surface area contributed by atoms with Crippen molar-refractivity contribution in [3.63, 3.8) is 0 Å². The van der Waals surface area contributed by atoms with Crippen molar-refractivity contribution in [2.24, 2.45) is 0 Å². The van der Waals surface area contributed by atoms with E-state index in [4.69, 9.17) is 4.74 Å². The van der Waals surface area contributed by atoms with E-state index in [1.54, 1.807) is 19.1 Å². The summed E-state index contributed by atoms with van der Waals surface area (Å²) in [5, 5.41) is 2.78. The second-order valence-corrected chi connectivity index (χ2v) is 7.71. The highest BCUT2D eigenvalue weighted by Gasteiger charge is 2.30. The third kappa shape index (κ3) is 4.52.